The molecule has 7 nitrogen and oxygen atoms in total. The molecule has 0 saturated heterocycles. The van der Waals surface area contributed by atoms with Gasteiger partial charge >= 0.3 is 0 Å². The van der Waals surface area contributed by atoms with Crippen LogP contribution >= 0.6 is 12.4 Å². The van der Waals surface area contributed by atoms with Crippen LogP contribution in [-0.2, 0) is 13.1 Å². The number of aryl methyl sites for hydroxylation is 1. The van der Waals surface area contributed by atoms with E-state index in [2.05, 4.69) is 54.0 Å². The minimum Gasteiger partial charge on any atom is -0.311 e. The van der Waals surface area contributed by atoms with Gasteiger partial charge in [-0.25, -0.2) is 4.98 Å². The highest BCUT2D eigenvalue weighted by Crippen LogP contribution is 2.24. The Morgan fingerprint density at radius 1 is 1.16 bits per heavy atom. The Morgan fingerprint density at radius 2 is 2.12 bits per heavy atom. The van der Waals surface area contributed by atoms with Gasteiger partial charge in [0.2, 0.25) is 0 Å². The summed E-state index contributed by atoms with van der Waals surface area (Å²) in [7, 11) is 0. The Balaban J connectivity index is 0.00000157. The molecule has 1 aromatic carbocycles. The smallest absolute Gasteiger partial charge is 0.165 e. The number of H-pyrrole nitrogens is 1. The second kappa shape index (κ2) is 6.34. The van der Waals surface area contributed by atoms with Crippen molar-refractivity contribution < 1.29 is 0 Å². The molecule has 128 valence electrons. The number of imidazole rings is 1. The maximum absolute atomic E-state index is 4.76. The zero-order valence-electron chi connectivity index (χ0n) is 13.5. The number of hydrogen-bond acceptors (Lipinski definition) is 4. The molecule has 0 fully saturated rings. The molecule has 4 heterocycles. The van der Waals surface area contributed by atoms with Gasteiger partial charge in [0.15, 0.2) is 5.82 Å². The molecule has 1 aliphatic rings. The van der Waals surface area contributed by atoms with Crippen molar-refractivity contribution in [2.75, 3.05) is 6.54 Å². The summed E-state index contributed by atoms with van der Waals surface area (Å²) in [5.41, 5.74) is 4.17. The number of hydrogen-bond donors (Lipinski definition) is 2. The molecule has 5 rings (SSSR count). The standard InChI is InChI=1S/C17H17N7.ClH/c1-4-18-11-14-9-16(22-24(14)6-1)17-19-5-7-23(17)13-3-2-12-10-20-21-15(12)8-13;/h2-3,5,7-10,18H,1,4,6,11H2,(H,20,21);1H. The van der Waals surface area contributed by atoms with Crippen LogP contribution in [0.15, 0.2) is 42.9 Å². The number of benzene rings is 1. The number of nitrogens with zero attached hydrogens (tertiary/aromatic N) is 5. The van der Waals surface area contributed by atoms with Crippen molar-refractivity contribution in [1.82, 2.24) is 34.8 Å². The van der Waals surface area contributed by atoms with Crippen LogP contribution in [-0.4, -0.2) is 36.1 Å². The lowest BCUT2D eigenvalue weighted by atomic mass is 10.2. The molecule has 0 amide bonds. The predicted octanol–water partition coefficient (Wildman–Crippen LogP) is 2.53. The Labute approximate surface area is 150 Å². The zero-order chi connectivity index (χ0) is 15.9. The monoisotopic (exact) mass is 355 g/mol. The van der Waals surface area contributed by atoms with Gasteiger partial charge in [-0.1, -0.05) is 0 Å². The molecule has 8 heteroatoms. The summed E-state index contributed by atoms with van der Waals surface area (Å²) in [6, 6.07) is 8.35. The minimum absolute atomic E-state index is 0. The number of rotatable bonds is 2. The fraction of sp³-hybridized carbons (Fsp3) is 0.235. The summed E-state index contributed by atoms with van der Waals surface area (Å²) >= 11 is 0. The quantitative estimate of drug-likeness (QED) is 0.579. The van der Waals surface area contributed by atoms with Crippen LogP contribution in [0.1, 0.15) is 12.1 Å². The first-order valence-corrected chi connectivity index (χ1v) is 8.13. The predicted molar refractivity (Wildman–Crippen MR) is 98.0 cm³/mol. The van der Waals surface area contributed by atoms with Crippen molar-refractivity contribution in [1.29, 1.82) is 0 Å². The van der Waals surface area contributed by atoms with Crippen LogP contribution in [0.4, 0.5) is 0 Å². The molecule has 0 atom stereocenters. The van der Waals surface area contributed by atoms with Crippen molar-refractivity contribution in [3.63, 3.8) is 0 Å². The highest BCUT2D eigenvalue weighted by molar-refractivity contribution is 5.85. The third-order valence-electron chi connectivity index (χ3n) is 4.47. The normalized spacial score (nSPS) is 14.1. The van der Waals surface area contributed by atoms with Crippen LogP contribution in [0.5, 0.6) is 0 Å². The van der Waals surface area contributed by atoms with Crippen molar-refractivity contribution in [2.24, 2.45) is 0 Å². The topological polar surface area (TPSA) is 76.3 Å². The van der Waals surface area contributed by atoms with Gasteiger partial charge in [0.05, 0.1) is 17.4 Å². The van der Waals surface area contributed by atoms with E-state index in [1.165, 1.54) is 5.69 Å². The van der Waals surface area contributed by atoms with Crippen molar-refractivity contribution in [3.05, 3.63) is 48.5 Å². The molecule has 25 heavy (non-hydrogen) atoms. The van der Waals surface area contributed by atoms with Crippen LogP contribution in [0, 0.1) is 0 Å². The molecule has 0 bridgehead atoms. The number of nitrogens with one attached hydrogen (secondary N) is 2. The lowest BCUT2D eigenvalue weighted by Gasteiger charge is -2.06. The van der Waals surface area contributed by atoms with Gasteiger partial charge in [-0.05, 0) is 37.2 Å². The average Bonchev–Trinajstić information content (AvgIpc) is 3.31. The van der Waals surface area contributed by atoms with E-state index in [1.807, 2.05) is 18.6 Å². The second-order valence-corrected chi connectivity index (χ2v) is 6.04. The Morgan fingerprint density at radius 3 is 3.08 bits per heavy atom. The molecule has 0 radical (unpaired) electrons. The van der Waals surface area contributed by atoms with Crippen LogP contribution < -0.4 is 5.32 Å². The maximum Gasteiger partial charge on any atom is 0.165 e. The van der Waals surface area contributed by atoms with Crippen LogP contribution in [0.3, 0.4) is 0 Å². The van der Waals surface area contributed by atoms with Gasteiger partial charge in [-0.15, -0.1) is 12.4 Å². The molecule has 1 aliphatic heterocycles. The zero-order valence-corrected chi connectivity index (χ0v) is 14.3. The van der Waals surface area contributed by atoms with E-state index >= 15 is 0 Å². The molecule has 4 aromatic rings. The Hall–Kier alpha value is -2.64. The van der Waals surface area contributed by atoms with E-state index in [0.717, 1.165) is 54.2 Å². The minimum atomic E-state index is 0. The van der Waals surface area contributed by atoms with Crippen molar-refractivity contribution >= 4 is 23.3 Å². The Bertz CT molecular complexity index is 990. The van der Waals surface area contributed by atoms with E-state index in [4.69, 9.17) is 5.10 Å². The van der Waals surface area contributed by atoms with E-state index in [1.54, 1.807) is 0 Å². The first kappa shape index (κ1) is 15.9. The summed E-state index contributed by atoms with van der Waals surface area (Å²) in [4.78, 5) is 4.54. The van der Waals surface area contributed by atoms with E-state index < -0.39 is 0 Å². The fourth-order valence-electron chi connectivity index (χ4n) is 3.25. The van der Waals surface area contributed by atoms with Gasteiger partial charge in [0.25, 0.3) is 0 Å². The largest absolute Gasteiger partial charge is 0.311 e. The third kappa shape index (κ3) is 2.71. The first-order chi connectivity index (χ1) is 11.9. The summed E-state index contributed by atoms with van der Waals surface area (Å²) in [5.74, 6) is 0.856. The molecule has 2 N–H and O–H groups in total. The van der Waals surface area contributed by atoms with Gasteiger partial charge in [0, 0.05) is 36.6 Å². The van der Waals surface area contributed by atoms with E-state index in [-0.39, 0.29) is 12.4 Å². The number of fused-ring (bicyclic) bond motifs is 2. The number of aromatic amines is 1. The lowest BCUT2D eigenvalue weighted by Crippen LogP contribution is -2.11. The number of aromatic nitrogens is 6. The van der Waals surface area contributed by atoms with Crippen LogP contribution in [0.2, 0.25) is 0 Å². The second-order valence-electron chi connectivity index (χ2n) is 6.04. The third-order valence-corrected chi connectivity index (χ3v) is 4.47. The highest BCUT2D eigenvalue weighted by atomic mass is 35.5. The molecule has 0 spiro atoms. The molecular weight excluding hydrogens is 338 g/mol. The average molecular weight is 356 g/mol. The van der Waals surface area contributed by atoms with Crippen molar-refractivity contribution in [2.45, 2.75) is 19.5 Å². The van der Waals surface area contributed by atoms with Gasteiger partial charge < -0.3 is 5.32 Å². The lowest BCUT2D eigenvalue weighted by molar-refractivity contribution is 0.588. The number of halogens is 1. The summed E-state index contributed by atoms with van der Waals surface area (Å²) in [6.07, 6.45) is 6.71. The van der Waals surface area contributed by atoms with Gasteiger partial charge in [-0.3, -0.25) is 14.3 Å². The fourth-order valence-corrected chi connectivity index (χ4v) is 3.25. The first-order valence-electron chi connectivity index (χ1n) is 8.13. The van der Waals surface area contributed by atoms with Crippen molar-refractivity contribution in [3.8, 4) is 17.2 Å². The molecule has 0 unspecified atom stereocenters. The maximum atomic E-state index is 4.76. The molecular formula is C17H18ClN7. The molecule has 0 aliphatic carbocycles. The van der Waals surface area contributed by atoms with Gasteiger partial charge in [-0.2, -0.15) is 10.2 Å². The summed E-state index contributed by atoms with van der Waals surface area (Å²) in [5, 5.41) is 16.4. The van der Waals surface area contributed by atoms with E-state index in [0.29, 0.717) is 0 Å². The Kier molecular flexibility index (Phi) is 4.03. The summed E-state index contributed by atoms with van der Waals surface area (Å²) in [6.45, 7) is 2.84. The van der Waals surface area contributed by atoms with Crippen LogP contribution in [0.25, 0.3) is 28.1 Å². The molecule has 0 saturated carbocycles. The highest BCUT2D eigenvalue weighted by Gasteiger charge is 2.16. The summed E-state index contributed by atoms with van der Waals surface area (Å²) < 4.78 is 4.16. The molecule has 3 aromatic heterocycles. The SMILES string of the molecule is Cl.c1cn(-c2ccc3cn[nH]c3c2)c(-c2cc3n(n2)CCCNC3)n1. The van der Waals surface area contributed by atoms with E-state index in [9.17, 15) is 0 Å². The van der Waals surface area contributed by atoms with Gasteiger partial charge in [0.1, 0.15) is 5.69 Å².